The van der Waals surface area contributed by atoms with Crippen LogP contribution < -0.4 is 10.2 Å². The summed E-state index contributed by atoms with van der Waals surface area (Å²) >= 11 is 4.35. The highest BCUT2D eigenvalue weighted by atomic mass is 32.1. The molecule has 1 aliphatic heterocycles. The topological polar surface area (TPSA) is 35.6 Å². The second-order valence-electron chi connectivity index (χ2n) is 7.04. The largest absolute Gasteiger partial charge is 0.416 e. The van der Waals surface area contributed by atoms with Gasteiger partial charge >= 0.3 is 12.2 Å². The van der Waals surface area contributed by atoms with Gasteiger partial charge in [0.25, 0.3) is 0 Å². The molecule has 8 heteroatoms. The first-order chi connectivity index (χ1) is 13.9. The Hall–Kier alpha value is -2.35. The summed E-state index contributed by atoms with van der Waals surface area (Å²) in [6.07, 6.45) is -3.67. The number of carbonyl (C=O) groups excluding carboxylic acids is 1. The third-order valence-electron chi connectivity index (χ3n) is 4.98. The summed E-state index contributed by atoms with van der Waals surface area (Å²) in [5.74, 6) is 0.519. The van der Waals surface area contributed by atoms with Crippen LogP contribution in [0.5, 0.6) is 0 Å². The second-order valence-corrected chi connectivity index (χ2v) is 7.41. The van der Waals surface area contributed by atoms with Gasteiger partial charge in [-0.2, -0.15) is 25.8 Å². The number of nitrogens with one attached hydrogen (secondary N) is 1. The molecule has 1 unspecified atom stereocenters. The molecule has 1 aliphatic rings. The number of carbonyl (C=O) groups is 1. The average Bonchev–Trinajstić information content (AvgIpc) is 2.73. The highest BCUT2D eigenvalue weighted by Crippen LogP contribution is 2.31. The normalized spacial score (nSPS) is 15.9. The Kier molecular flexibility index (Phi) is 6.95. The summed E-state index contributed by atoms with van der Waals surface area (Å²) in [7, 11) is 0. The Bertz CT molecular complexity index is 808. The predicted molar refractivity (Wildman–Crippen MR) is 112 cm³/mol. The monoisotopic (exact) mass is 423 g/mol. The van der Waals surface area contributed by atoms with Crippen molar-refractivity contribution >= 4 is 24.3 Å². The number of alkyl halides is 3. The number of benzene rings is 2. The fourth-order valence-corrected chi connectivity index (χ4v) is 3.59. The molecule has 2 aromatic carbocycles. The number of rotatable bonds is 5. The molecule has 0 bridgehead atoms. The van der Waals surface area contributed by atoms with E-state index in [1.54, 1.807) is 11.0 Å². The molecule has 1 heterocycles. The van der Waals surface area contributed by atoms with Gasteiger partial charge in [-0.25, -0.2) is 4.79 Å². The predicted octanol–water partition coefficient (Wildman–Crippen LogP) is 4.08. The zero-order valence-corrected chi connectivity index (χ0v) is 16.8. The van der Waals surface area contributed by atoms with E-state index in [1.807, 2.05) is 35.2 Å². The Labute approximate surface area is 174 Å². The number of urea groups is 1. The average molecular weight is 424 g/mol. The Balaban J connectivity index is 1.54. The molecular weight excluding hydrogens is 399 g/mol. The lowest BCUT2D eigenvalue weighted by atomic mass is 10.1. The summed E-state index contributed by atoms with van der Waals surface area (Å²) in [5.41, 5.74) is 0.992. The van der Waals surface area contributed by atoms with Crippen LogP contribution in [0.25, 0.3) is 0 Å². The Morgan fingerprint density at radius 3 is 2.34 bits per heavy atom. The van der Waals surface area contributed by atoms with Gasteiger partial charge in [0.2, 0.25) is 0 Å². The number of hydrogen-bond donors (Lipinski definition) is 2. The maximum absolute atomic E-state index is 12.9. The molecule has 1 saturated heterocycles. The maximum atomic E-state index is 12.9. The lowest BCUT2D eigenvalue weighted by Gasteiger charge is -2.37. The van der Waals surface area contributed by atoms with Crippen molar-refractivity contribution < 1.29 is 18.0 Å². The minimum absolute atomic E-state index is 0.0882. The minimum atomic E-state index is -4.36. The van der Waals surface area contributed by atoms with Crippen LogP contribution in [0.4, 0.5) is 23.7 Å². The Morgan fingerprint density at radius 1 is 1.03 bits per heavy atom. The molecule has 2 amide bonds. The van der Waals surface area contributed by atoms with Gasteiger partial charge in [-0.1, -0.05) is 36.4 Å². The van der Waals surface area contributed by atoms with E-state index in [4.69, 9.17) is 0 Å². The van der Waals surface area contributed by atoms with Crippen LogP contribution in [0, 0.1) is 0 Å². The molecule has 2 aromatic rings. The molecule has 1 fully saturated rings. The smallest absolute Gasteiger partial charge is 0.368 e. The van der Waals surface area contributed by atoms with Crippen molar-refractivity contribution in [1.29, 1.82) is 0 Å². The quantitative estimate of drug-likeness (QED) is 0.711. The number of hydrogen-bond acceptors (Lipinski definition) is 3. The molecule has 0 aromatic heterocycles. The van der Waals surface area contributed by atoms with Crippen molar-refractivity contribution in [3.8, 4) is 0 Å². The fourth-order valence-electron chi connectivity index (χ4n) is 3.37. The molecule has 29 heavy (non-hydrogen) atoms. The molecule has 1 atom stereocenters. The van der Waals surface area contributed by atoms with Gasteiger partial charge in [-0.05, 0) is 30.2 Å². The van der Waals surface area contributed by atoms with Crippen LogP contribution in [-0.4, -0.2) is 48.9 Å². The summed E-state index contributed by atoms with van der Waals surface area (Å²) < 4.78 is 38.8. The van der Waals surface area contributed by atoms with E-state index in [1.165, 1.54) is 6.07 Å². The van der Waals surface area contributed by atoms with E-state index in [9.17, 15) is 18.0 Å². The van der Waals surface area contributed by atoms with Gasteiger partial charge in [0.15, 0.2) is 0 Å². The van der Waals surface area contributed by atoms with Gasteiger partial charge in [0.1, 0.15) is 0 Å². The van der Waals surface area contributed by atoms with Crippen LogP contribution in [0.1, 0.15) is 11.1 Å². The number of thiol groups is 1. The number of halogens is 3. The van der Waals surface area contributed by atoms with E-state index in [-0.39, 0.29) is 12.1 Å². The lowest BCUT2D eigenvalue weighted by molar-refractivity contribution is -0.137. The molecular formula is C21H24F3N3OS. The van der Waals surface area contributed by atoms with Crippen LogP contribution in [0.3, 0.4) is 0 Å². The van der Waals surface area contributed by atoms with Gasteiger partial charge in [0, 0.05) is 43.7 Å². The first-order valence-electron chi connectivity index (χ1n) is 9.49. The number of anilines is 1. The molecule has 1 N–H and O–H groups in total. The standard InChI is InChI=1S/C21H24F3N3OS/c22-21(23,24)17-7-4-8-19(14-17)26-9-11-27(12-10-26)20(28)25-18(15-29)13-16-5-2-1-3-6-16/h1-8,14,18,29H,9-13,15H2,(H,25,28). The third kappa shape index (κ3) is 5.82. The van der Waals surface area contributed by atoms with Crippen LogP contribution in [-0.2, 0) is 12.6 Å². The SMILES string of the molecule is O=C(NC(CS)Cc1ccccc1)N1CCN(c2cccc(C(F)(F)F)c2)CC1. The molecule has 3 rings (SSSR count). The van der Waals surface area contributed by atoms with E-state index >= 15 is 0 Å². The highest BCUT2D eigenvalue weighted by Gasteiger charge is 2.31. The van der Waals surface area contributed by atoms with Crippen molar-refractivity contribution in [2.24, 2.45) is 0 Å². The molecule has 0 aliphatic carbocycles. The van der Waals surface area contributed by atoms with Crippen molar-refractivity contribution in [3.63, 3.8) is 0 Å². The summed E-state index contributed by atoms with van der Waals surface area (Å²) in [6.45, 7) is 1.87. The van der Waals surface area contributed by atoms with Crippen molar-refractivity contribution in [1.82, 2.24) is 10.2 Å². The van der Waals surface area contributed by atoms with Gasteiger partial charge in [0.05, 0.1) is 5.56 Å². The summed E-state index contributed by atoms with van der Waals surface area (Å²) in [5, 5.41) is 3.01. The van der Waals surface area contributed by atoms with Crippen LogP contribution >= 0.6 is 12.6 Å². The van der Waals surface area contributed by atoms with Crippen molar-refractivity contribution in [2.45, 2.75) is 18.6 Å². The zero-order chi connectivity index (χ0) is 20.9. The van der Waals surface area contributed by atoms with E-state index in [0.717, 1.165) is 17.7 Å². The van der Waals surface area contributed by atoms with Crippen molar-refractivity contribution in [3.05, 3.63) is 65.7 Å². The Morgan fingerprint density at radius 2 is 1.72 bits per heavy atom. The summed E-state index contributed by atoms with van der Waals surface area (Å²) in [6, 6.07) is 14.9. The lowest BCUT2D eigenvalue weighted by Crippen LogP contribution is -2.54. The van der Waals surface area contributed by atoms with Gasteiger partial charge < -0.3 is 15.1 Å². The number of piperazine rings is 1. The van der Waals surface area contributed by atoms with E-state index in [2.05, 4.69) is 17.9 Å². The van der Waals surface area contributed by atoms with Crippen LogP contribution in [0.15, 0.2) is 54.6 Å². The van der Waals surface area contributed by atoms with Crippen molar-refractivity contribution in [2.75, 3.05) is 36.8 Å². The first-order valence-corrected chi connectivity index (χ1v) is 10.1. The third-order valence-corrected chi connectivity index (χ3v) is 5.42. The molecule has 0 spiro atoms. The molecule has 156 valence electrons. The van der Waals surface area contributed by atoms with Crippen LogP contribution in [0.2, 0.25) is 0 Å². The number of amides is 2. The maximum Gasteiger partial charge on any atom is 0.416 e. The van der Waals surface area contributed by atoms with E-state index < -0.39 is 11.7 Å². The number of nitrogens with zero attached hydrogens (tertiary/aromatic N) is 2. The molecule has 4 nitrogen and oxygen atoms in total. The highest BCUT2D eigenvalue weighted by molar-refractivity contribution is 7.80. The van der Waals surface area contributed by atoms with Gasteiger partial charge in [-0.15, -0.1) is 0 Å². The minimum Gasteiger partial charge on any atom is -0.368 e. The fraction of sp³-hybridized carbons (Fsp3) is 0.381. The second kappa shape index (κ2) is 9.43. The zero-order valence-electron chi connectivity index (χ0n) is 15.9. The summed E-state index contributed by atoms with van der Waals surface area (Å²) in [4.78, 5) is 16.2. The van der Waals surface area contributed by atoms with Gasteiger partial charge in [-0.3, -0.25) is 0 Å². The van der Waals surface area contributed by atoms with E-state index in [0.29, 0.717) is 44.0 Å². The molecule has 0 saturated carbocycles. The first kappa shape index (κ1) is 21.4. The molecule has 0 radical (unpaired) electrons.